The van der Waals surface area contributed by atoms with E-state index in [2.05, 4.69) is 135 Å². The van der Waals surface area contributed by atoms with Crippen LogP contribution in [0, 0.1) is 13.5 Å². The molecule has 0 aliphatic heterocycles. The van der Waals surface area contributed by atoms with Gasteiger partial charge in [0.1, 0.15) is 0 Å². The lowest BCUT2D eigenvalue weighted by Gasteiger charge is -2.22. The van der Waals surface area contributed by atoms with Gasteiger partial charge < -0.3 is 9.13 Å². The predicted molar refractivity (Wildman–Crippen MR) is 278 cm³/mol. The van der Waals surface area contributed by atoms with Gasteiger partial charge in [-0.15, -0.1) is 0 Å². The molecule has 0 saturated carbocycles. The lowest BCUT2D eigenvalue weighted by molar-refractivity contribution is -0.137. The van der Waals surface area contributed by atoms with Crippen molar-refractivity contribution in [3.05, 3.63) is 247 Å². The third kappa shape index (κ3) is 7.06. The molecule has 0 bridgehead atoms. The van der Waals surface area contributed by atoms with E-state index < -0.39 is 11.7 Å². The third-order valence-corrected chi connectivity index (χ3v) is 13.5. The van der Waals surface area contributed by atoms with E-state index in [1.165, 1.54) is 6.07 Å². The lowest BCUT2D eigenvalue weighted by atomic mass is 9.92. The summed E-state index contributed by atoms with van der Waals surface area (Å²) in [7, 11) is 0. The number of aromatic nitrogens is 2. The number of benzene rings is 10. The number of halogens is 3. The summed E-state index contributed by atoms with van der Waals surface area (Å²) in [5.74, 6) is 0. The molecule has 0 spiro atoms. The maximum absolute atomic E-state index is 15.2. The van der Waals surface area contributed by atoms with Crippen LogP contribution in [-0.2, 0) is 6.18 Å². The lowest BCUT2D eigenvalue weighted by Crippen LogP contribution is -2.09. The zero-order valence-corrected chi connectivity index (χ0v) is 37.3. The highest BCUT2D eigenvalue weighted by Crippen LogP contribution is 2.48. The molecule has 0 radical (unpaired) electrons. The van der Waals surface area contributed by atoms with Crippen molar-refractivity contribution >= 4 is 49.3 Å². The van der Waals surface area contributed by atoms with Crippen LogP contribution < -0.4 is 0 Å². The summed E-state index contributed by atoms with van der Waals surface area (Å²) in [6.07, 6.45) is -4.67. The Hall–Kier alpha value is -8.92. The maximum atomic E-state index is 15.2. The molecular formula is C63H40F3N3. The van der Waals surface area contributed by atoms with E-state index >= 15 is 13.2 Å². The summed E-state index contributed by atoms with van der Waals surface area (Å²) in [5, 5.41) is 3.98. The van der Waals surface area contributed by atoms with Crippen molar-refractivity contribution in [1.29, 1.82) is 0 Å². The van der Waals surface area contributed by atoms with Crippen molar-refractivity contribution in [1.82, 2.24) is 9.13 Å². The monoisotopic (exact) mass is 895 g/mol. The molecule has 0 N–H and O–H groups in total. The quantitative estimate of drug-likeness (QED) is 0.142. The van der Waals surface area contributed by atoms with Gasteiger partial charge in [0.15, 0.2) is 5.69 Å². The molecule has 0 amide bonds. The van der Waals surface area contributed by atoms with Gasteiger partial charge in [0, 0.05) is 21.5 Å². The van der Waals surface area contributed by atoms with Gasteiger partial charge in [-0.1, -0.05) is 158 Å². The molecular weight excluding hydrogens is 856 g/mol. The van der Waals surface area contributed by atoms with Crippen LogP contribution in [0.5, 0.6) is 0 Å². The minimum atomic E-state index is -4.67. The van der Waals surface area contributed by atoms with E-state index in [1.807, 2.05) is 78.9 Å². The first-order valence-electron chi connectivity index (χ1n) is 22.8. The van der Waals surface area contributed by atoms with E-state index in [0.29, 0.717) is 16.9 Å². The predicted octanol–water partition coefficient (Wildman–Crippen LogP) is 18.1. The standard InChI is InChI=1S/C63H40F3N3/c1-40-16-15-25-54(63(64,65)66)62(40)53-38-60(68-56-30-26-45(41-17-7-3-8-18-41)34-49(56)50-35-46(27-31-57(50)68)42-19-9-4-10-20-42)61(39-55(53)67-2)69-58-32-28-47(43-21-11-5-12-22-43)36-51(58)52-37-48(29-33-59(52)69)44-23-13-6-14-24-44/h3-39H,1H3. The van der Waals surface area contributed by atoms with Crippen LogP contribution in [0.15, 0.2) is 224 Å². The number of aryl methyl sites for hydroxylation is 1. The van der Waals surface area contributed by atoms with E-state index in [4.69, 9.17) is 6.57 Å². The molecule has 69 heavy (non-hydrogen) atoms. The minimum Gasteiger partial charge on any atom is -0.308 e. The molecule has 0 fully saturated rings. The second-order valence-electron chi connectivity index (χ2n) is 17.5. The number of alkyl halides is 3. The summed E-state index contributed by atoms with van der Waals surface area (Å²) in [6, 6.07) is 74.7. The maximum Gasteiger partial charge on any atom is 0.416 e. The van der Waals surface area contributed by atoms with Crippen LogP contribution in [0.2, 0.25) is 0 Å². The van der Waals surface area contributed by atoms with Gasteiger partial charge in [-0.2, -0.15) is 13.2 Å². The smallest absolute Gasteiger partial charge is 0.308 e. The molecule has 328 valence electrons. The van der Waals surface area contributed by atoms with Crippen LogP contribution in [0.4, 0.5) is 18.9 Å². The zero-order chi connectivity index (χ0) is 46.8. The van der Waals surface area contributed by atoms with Gasteiger partial charge >= 0.3 is 6.18 Å². The van der Waals surface area contributed by atoms with Crippen LogP contribution in [0.25, 0.3) is 115 Å². The van der Waals surface area contributed by atoms with Crippen LogP contribution in [-0.4, -0.2) is 9.13 Å². The summed E-state index contributed by atoms with van der Waals surface area (Å²) >= 11 is 0. The summed E-state index contributed by atoms with van der Waals surface area (Å²) in [5.41, 5.74) is 13.2. The van der Waals surface area contributed by atoms with E-state index in [0.717, 1.165) is 94.2 Å². The third-order valence-electron chi connectivity index (χ3n) is 13.5. The molecule has 3 nitrogen and oxygen atoms in total. The average molecular weight is 896 g/mol. The molecule has 2 heterocycles. The Kier molecular flexibility index (Phi) is 9.89. The van der Waals surface area contributed by atoms with Crippen molar-refractivity contribution < 1.29 is 13.2 Å². The summed E-state index contributed by atoms with van der Waals surface area (Å²) in [6.45, 7) is 10.4. The number of hydrogen-bond donors (Lipinski definition) is 0. The van der Waals surface area contributed by atoms with Crippen LogP contribution >= 0.6 is 0 Å². The van der Waals surface area contributed by atoms with Crippen molar-refractivity contribution in [2.45, 2.75) is 13.1 Å². The fourth-order valence-electron chi connectivity index (χ4n) is 10.3. The fraction of sp³-hybridized carbons (Fsp3) is 0.0317. The summed E-state index contributed by atoms with van der Waals surface area (Å²) in [4.78, 5) is 4.05. The molecule has 0 unspecified atom stereocenters. The second-order valence-corrected chi connectivity index (χ2v) is 17.5. The highest BCUT2D eigenvalue weighted by molar-refractivity contribution is 6.14. The Bertz CT molecular complexity index is 3800. The highest BCUT2D eigenvalue weighted by atomic mass is 19.4. The van der Waals surface area contributed by atoms with E-state index in [-0.39, 0.29) is 16.8 Å². The Morgan fingerprint density at radius 2 is 0.725 bits per heavy atom. The molecule has 0 aliphatic carbocycles. The topological polar surface area (TPSA) is 14.2 Å². The molecule has 0 atom stereocenters. The molecule has 10 aromatic carbocycles. The van der Waals surface area contributed by atoms with Crippen molar-refractivity contribution in [2.24, 2.45) is 0 Å². The van der Waals surface area contributed by atoms with Crippen LogP contribution in [0.3, 0.4) is 0 Å². The van der Waals surface area contributed by atoms with Gasteiger partial charge in [0.2, 0.25) is 0 Å². The number of rotatable bonds is 7. The Morgan fingerprint density at radius 1 is 0.377 bits per heavy atom. The van der Waals surface area contributed by atoms with Gasteiger partial charge in [-0.3, -0.25) is 0 Å². The molecule has 2 aromatic heterocycles. The SMILES string of the molecule is [C-]#[N+]c1cc(-n2c3ccc(-c4ccccc4)cc3c3cc(-c4ccccc4)ccc32)c(-n2c3ccc(-c4ccccc4)cc3c3cc(-c4ccccc4)ccc32)cc1-c1c(C)cccc1C(F)(F)F. The molecule has 0 aliphatic rings. The Morgan fingerprint density at radius 3 is 1.06 bits per heavy atom. The average Bonchev–Trinajstić information content (AvgIpc) is 3.90. The Labute approximate surface area is 397 Å². The largest absolute Gasteiger partial charge is 0.416 e. The van der Waals surface area contributed by atoms with Crippen molar-refractivity contribution in [3.63, 3.8) is 0 Å². The Balaban J connectivity index is 1.23. The molecule has 12 aromatic rings. The van der Waals surface area contributed by atoms with E-state index in [9.17, 15) is 0 Å². The number of hydrogen-bond acceptors (Lipinski definition) is 0. The summed E-state index contributed by atoms with van der Waals surface area (Å²) < 4.78 is 49.9. The molecule has 0 saturated heterocycles. The zero-order valence-electron chi connectivity index (χ0n) is 37.3. The number of nitrogens with zero attached hydrogens (tertiary/aromatic N) is 3. The van der Waals surface area contributed by atoms with Crippen molar-refractivity contribution in [3.8, 4) is 67.0 Å². The highest BCUT2D eigenvalue weighted by Gasteiger charge is 2.35. The van der Waals surface area contributed by atoms with Gasteiger partial charge in [-0.25, -0.2) is 4.85 Å². The fourth-order valence-corrected chi connectivity index (χ4v) is 10.3. The first-order valence-corrected chi connectivity index (χ1v) is 22.8. The van der Waals surface area contributed by atoms with Crippen molar-refractivity contribution in [2.75, 3.05) is 0 Å². The second kappa shape index (κ2) is 16.4. The first-order chi connectivity index (χ1) is 33.7. The van der Waals surface area contributed by atoms with Crippen LogP contribution in [0.1, 0.15) is 11.1 Å². The molecule has 6 heteroatoms. The van der Waals surface area contributed by atoms with Gasteiger partial charge in [-0.05, 0) is 135 Å². The minimum absolute atomic E-state index is 0.00970. The van der Waals surface area contributed by atoms with Gasteiger partial charge in [0.05, 0.1) is 45.6 Å². The molecule has 12 rings (SSSR count). The number of fused-ring (bicyclic) bond motifs is 6. The van der Waals surface area contributed by atoms with Gasteiger partial charge in [0.25, 0.3) is 0 Å². The normalized spacial score (nSPS) is 11.8. The first kappa shape index (κ1) is 41.5. The van der Waals surface area contributed by atoms with E-state index in [1.54, 1.807) is 19.1 Å².